The van der Waals surface area contributed by atoms with E-state index in [0.717, 1.165) is 37.8 Å². The molecular formula is C25H36N2O3. The summed E-state index contributed by atoms with van der Waals surface area (Å²) in [7, 11) is 0. The molecule has 5 heteroatoms. The first kappa shape index (κ1) is 21.8. The predicted molar refractivity (Wildman–Crippen MR) is 118 cm³/mol. The van der Waals surface area contributed by atoms with Gasteiger partial charge >= 0.3 is 0 Å². The summed E-state index contributed by atoms with van der Waals surface area (Å²) in [5.41, 5.74) is 2.22. The molecule has 3 aliphatic rings. The van der Waals surface area contributed by atoms with E-state index in [9.17, 15) is 10.2 Å². The van der Waals surface area contributed by atoms with E-state index in [-0.39, 0.29) is 12.6 Å². The number of benzene rings is 1. The van der Waals surface area contributed by atoms with Crippen molar-refractivity contribution in [3.63, 3.8) is 0 Å². The van der Waals surface area contributed by atoms with Crippen LogP contribution in [0.5, 0.6) is 0 Å². The Balaban J connectivity index is 1.47. The summed E-state index contributed by atoms with van der Waals surface area (Å²) in [6.45, 7) is 8.25. The molecule has 4 atom stereocenters. The highest BCUT2D eigenvalue weighted by Crippen LogP contribution is 2.42. The lowest BCUT2D eigenvalue weighted by Crippen LogP contribution is -2.67. The van der Waals surface area contributed by atoms with Crippen LogP contribution in [0.2, 0.25) is 0 Å². The van der Waals surface area contributed by atoms with Gasteiger partial charge in [0.05, 0.1) is 6.61 Å². The lowest BCUT2D eigenvalue weighted by Gasteiger charge is -2.57. The maximum absolute atomic E-state index is 10.1. The van der Waals surface area contributed by atoms with Gasteiger partial charge in [0.1, 0.15) is 6.10 Å². The molecule has 164 valence electrons. The summed E-state index contributed by atoms with van der Waals surface area (Å²) < 4.78 is 5.55. The SMILES string of the molecule is C[C@H](O)C#Cc1ccc([C@@H]2[C@H](CO)N3CCCCN(CC4CCOCC4)C[C@@H]23)cc1. The standard InChI is InChI=1S/C25H36N2O3/c1-19(29)4-5-20-6-8-22(9-7-20)25-23-17-26(16-21-10-14-30-15-11-21)12-2-3-13-27(23)24(25)18-28/h6-9,19,21,23-25,28-29H,2-3,10-18H2,1H3/t19-,23-,24-,25-/m0/s1. The van der Waals surface area contributed by atoms with Crippen molar-refractivity contribution in [2.24, 2.45) is 5.92 Å². The third-order valence-corrected chi connectivity index (χ3v) is 7.03. The van der Waals surface area contributed by atoms with E-state index in [1.807, 2.05) is 12.1 Å². The molecule has 3 saturated heterocycles. The van der Waals surface area contributed by atoms with Crippen LogP contribution in [-0.4, -0.2) is 84.2 Å². The molecule has 3 fully saturated rings. The van der Waals surface area contributed by atoms with Gasteiger partial charge in [0.2, 0.25) is 0 Å². The maximum atomic E-state index is 10.1. The van der Waals surface area contributed by atoms with Crippen LogP contribution in [0, 0.1) is 17.8 Å². The molecule has 1 aromatic carbocycles. The van der Waals surface area contributed by atoms with Gasteiger partial charge in [-0.05, 0) is 69.3 Å². The highest BCUT2D eigenvalue weighted by molar-refractivity contribution is 5.39. The van der Waals surface area contributed by atoms with E-state index in [2.05, 4.69) is 33.8 Å². The summed E-state index contributed by atoms with van der Waals surface area (Å²) in [4.78, 5) is 5.22. The van der Waals surface area contributed by atoms with Crippen LogP contribution >= 0.6 is 0 Å². The lowest BCUT2D eigenvalue weighted by molar-refractivity contribution is -0.0677. The van der Waals surface area contributed by atoms with Gasteiger partial charge in [-0.15, -0.1) is 0 Å². The van der Waals surface area contributed by atoms with Gasteiger partial charge in [0, 0.05) is 49.9 Å². The Morgan fingerprint density at radius 2 is 1.87 bits per heavy atom. The summed E-state index contributed by atoms with van der Waals surface area (Å²) in [5, 5.41) is 19.5. The number of hydrogen-bond acceptors (Lipinski definition) is 5. The van der Waals surface area contributed by atoms with Crippen LogP contribution in [-0.2, 0) is 4.74 Å². The molecule has 0 saturated carbocycles. The lowest BCUT2D eigenvalue weighted by atomic mass is 9.74. The van der Waals surface area contributed by atoms with Gasteiger partial charge in [0.15, 0.2) is 0 Å². The van der Waals surface area contributed by atoms with Crippen molar-refractivity contribution in [3.8, 4) is 11.8 Å². The Morgan fingerprint density at radius 3 is 2.57 bits per heavy atom. The first-order chi connectivity index (χ1) is 14.7. The van der Waals surface area contributed by atoms with Crippen molar-refractivity contribution in [2.75, 3.05) is 46.0 Å². The Morgan fingerprint density at radius 1 is 1.13 bits per heavy atom. The second kappa shape index (κ2) is 10.3. The van der Waals surface area contributed by atoms with E-state index in [4.69, 9.17) is 4.74 Å². The zero-order valence-corrected chi connectivity index (χ0v) is 18.2. The number of nitrogens with zero attached hydrogens (tertiary/aromatic N) is 2. The molecule has 0 unspecified atom stereocenters. The topological polar surface area (TPSA) is 56.2 Å². The van der Waals surface area contributed by atoms with E-state index >= 15 is 0 Å². The molecule has 0 bridgehead atoms. The Kier molecular flexibility index (Phi) is 7.45. The van der Waals surface area contributed by atoms with Crippen molar-refractivity contribution < 1.29 is 14.9 Å². The number of aliphatic hydroxyl groups excluding tert-OH is 2. The summed E-state index contributed by atoms with van der Waals surface area (Å²) in [6, 6.07) is 9.11. The van der Waals surface area contributed by atoms with Gasteiger partial charge in [-0.25, -0.2) is 0 Å². The largest absolute Gasteiger partial charge is 0.395 e. The summed E-state index contributed by atoms with van der Waals surface area (Å²) >= 11 is 0. The van der Waals surface area contributed by atoms with Crippen molar-refractivity contribution >= 4 is 0 Å². The average molecular weight is 413 g/mol. The second-order valence-corrected chi connectivity index (χ2v) is 9.17. The van der Waals surface area contributed by atoms with Gasteiger partial charge < -0.3 is 19.8 Å². The minimum absolute atomic E-state index is 0.213. The van der Waals surface area contributed by atoms with Crippen molar-refractivity contribution in [3.05, 3.63) is 35.4 Å². The summed E-state index contributed by atoms with van der Waals surface area (Å²) in [6.07, 6.45) is 4.20. The molecule has 1 aromatic rings. The fraction of sp³-hybridized carbons (Fsp3) is 0.680. The molecule has 3 heterocycles. The van der Waals surface area contributed by atoms with Crippen LogP contribution in [0.25, 0.3) is 0 Å². The Bertz CT molecular complexity index is 733. The van der Waals surface area contributed by atoms with Crippen molar-refractivity contribution in [1.82, 2.24) is 9.80 Å². The third-order valence-electron chi connectivity index (χ3n) is 7.03. The molecule has 0 amide bonds. The van der Waals surface area contributed by atoms with E-state index < -0.39 is 6.10 Å². The smallest absolute Gasteiger partial charge is 0.112 e. The van der Waals surface area contributed by atoms with E-state index in [0.29, 0.717) is 12.0 Å². The van der Waals surface area contributed by atoms with Gasteiger partial charge in [0.25, 0.3) is 0 Å². The quantitative estimate of drug-likeness (QED) is 0.742. The highest BCUT2D eigenvalue weighted by Gasteiger charge is 2.49. The molecule has 0 radical (unpaired) electrons. The first-order valence-corrected chi connectivity index (χ1v) is 11.6. The highest BCUT2D eigenvalue weighted by atomic mass is 16.5. The molecule has 0 aliphatic carbocycles. The van der Waals surface area contributed by atoms with E-state index in [1.54, 1.807) is 6.92 Å². The van der Waals surface area contributed by atoms with Crippen LogP contribution < -0.4 is 0 Å². The number of fused-ring (bicyclic) bond motifs is 1. The van der Waals surface area contributed by atoms with Crippen molar-refractivity contribution in [1.29, 1.82) is 0 Å². The third kappa shape index (κ3) is 5.07. The molecule has 0 spiro atoms. The minimum atomic E-state index is -0.611. The maximum Gasteiger partial charge on any atom is 0.112 e. The van der Waals surface area contributed by atoms with E-state index in [1.165, 1.54) is 44.3 Å². The summed E-state index contributed by atoms with van der Waals surface area (Å²) in [5.74, 6) is 6.95. The van der Waals surface area contributed by atoms with Crippen molar-refractivity contribution in [2.45, 2.75) is 56.7 Å². The fourth-order valence-corrected chi connectivity index (χ4v) is 5.45. The Labute approximate surface area is 181 Å². The van der Waals surface area contributed by atoms with Gasteiger partial charge in [-0.3, -0.25) is 4.90 Å². The second-order valence-electron chi connectivity index (χ2n) is 9.17. The normalized spacial score (nSPS) is 29.6. The molecular weight excluding hydrogens is 376 g/mol. The van der Waals surface area contributed by atoms with Gasteiger partial charge in [-0.2, -0.15) is 0 Å². The average Bonchev–Trinajstić information content (AvgIpc) is 2.74. The minimum Gasteiger partial charge on any atom is -0.395 e. The van der Waals surface area contributed by atoms with Crippen LogP contribution in [0.3, 0.4) is 0 Å². The molecule has 30 heavy (non-hydrogen) atoms. The number of aliphatic hydroxyl groups is 2. The van der Waals surface area contributed by atoms with Gasteiger partial charge in [-0.1, -0.05) is 24.0 Å². The Hall–Kier alpha value is -1.42. The van der Waals surface area contributed by atoms with Crippen LogP contribution in [0.1, 0.15) is 49.7 Å². The monoisotopic (exact) mass is 412 g/mol. The number of hydrogen-bond donors (Lipinski definition) is 2. The first-order valence-electron chi connectivity index (χ1n) is 11.6. The van der Waals surface area contributed by atoms with Crippen LogP contribution in [0.15, 0.2) is 24.3 Å². The number of rotatable bonds is 4. The zero-order chi connectivity index (χ0) is 20.9. The molecule has 4 rings (SSSR count). The van der Waals surface area contributed by atoms with Crippen LogP contribution in [0.4, 0.5) is 0 Å². The zero-order valence-electron chi connectivity index (χ0n) is 18.2. The number of ether oxygens (including phenoxy) is 1. The molecule has 3 aliphatic heterocycles. The fourth-order valence-electron chi connectivity index (χ4n) is 5.45. The molecule has 0 aromatic heterocycles. The molecule has 2 N–H and O–H groups in total. The molecule has 5 nitrogen and oxygen atoms in total. The predicted octanol–water partition coefficient (Wildman–Crippen LogP) is 2.07.